The van der Waals surface area contributed by atoms with Gasteiger partial charge in [0.2, 0.25) is 0 Å². The highest BCUT2D eigenvalue weighted by atomic mass is 16.5. The summed E-state index contributed by atoms with van der Waals surface area (Å²) in [5.41, 5.74) is -0.500. The van der Waals surface area contributed by atoms with Crippen molar-refractivity contribution in [2.75, 3.05) is 14.2 Å². The molecule has 1 aromatic rings. The number of methoxy groups -OCH3 is 2. The number of carboxylic acid groups (broad SMARTS) is 1. The zero-order valence-corrected chi connectivity index (χ0v) is 12.3. The standard InChI is InChI=1S/C14H19NO5/c1-14(2,3)15(18)8-9-6-7-10(19-4)12(20-5)11(9)13(16)17/h6-8H,1-5H3,(H,16,17)/b15-8-. The lowest BCUT2D eigenvalue weighted by atomic mass is 10.1. The number of carboxylic acids is 1. The van der Waals surface area contributed by atoms with Gasteiger partial charge in [0.05, 0.1) is 19.8 Å². The van der Waals surface area contributed by atoms with Gasteiger partial charge >= 0.3 is 5.97 Å². The highest BCUT2D eigenvalue weighted by molar-refractivity contribution is 6.00. The smallest absolute Gasteiger partial charge is 0.340 e. The largest absolute Gasteiger partial charge is 0.623 e. The van der Waals surface area contributed by atoms with Crippen LogP contribution in [-0.2, 0) is 0 Å². The third-order valence-corrected chi connectivity index (χ3v) is 2.71. The Balaban J connectivity index is 3.53. The van der Waals surface area contributed by atoms with Crippen LogP contribution in [0, 0.1) is 5.21 Å². The molecule has 1 N–H and O–H groups in total. The summed E-state index contributed by atoms with van der Waals surface area (Å²) in [4.78, 5) is 11.4. The molecular weight excluding hydrogens is 262 g/mol. The second-order valence-corrected chi connectivity index (χ2v) is 5.20. The number of ether oxygens (including phenoxy) is 2. The van der Waals surface area contributed by atoms with Crippen LogP contribution in [0.5, 0.6) is 11.5 Å². The molecule has 0 spiro atoms. The second kappa shape index (κ2) is 5.81. The van der Waals surface area contributed by atoms with Gasteiger partial charge in [-0.2, -0.15) is 0 Å². The highest BCUT2D eigenvalue weighted by Gasteiger charge is 2.24. The van der Waals surface area contributed by atoms with Crippen molar-refractivity contribution in [2.45, 2.75) is 26.3 Å². The first-order valence-electron chi connectivity index (χ1n) is 6.02. The molecule has 6 heteroatoms. The summed E-state index contributed by atoms with van der Waals surface area (Å²) >= 11 is 0. The van der Waals surface area contributed by atoms with E-state index in [1.165, 1.54) is 26.5 Å². The molecule has 1 aromatic carbocycles. The first kappa shape index (κ1) is 15.8. The van der Waals surface area contributed by atoms with Crippen LogP contribution >= 0.6 is 0 Å². The number of hydroxylamine groups is 1. The van der Waals surface area contributed by atoms with Crippen LogP contribution in [0.15, 0.2) is 12.1 Å². The van der Waals surface area contributed by atoms with Crippen LogP contribution in [0.25, 0.3) is 0 Å². The van der Waals surface area contributed by atoms with Crippen molar-refractivity contribution in [1.29, 1.82) is 0 Å². The molecule has 6 nitrogen and oxygen atoms in total. The van der Waals surface area contributed by atoms with E-state index < -0.39 is 11.5 Å². The number of aromatic carboxylic acids is 1. The minimum atomic E-state index is -1.19. The fourth-order valence-corrected chi connectivity index (χ4v) is 1.59. The van der Waals surface area contributed by atoms with Crippen LogP contribution in [-0.4, -0.2) is 41.8 Å². The number of hydrogen-bond acceptors (Lipinski definition) is 4. The topological polar surface area (TPSA) is 81.8 Å². The van der Waals surface area contributed by atoms with Crippen LogP contribution in [0.1, 0.15) is 36.7 Å². The molecule has 0 fully saturated rings. The van der Waals surface area contributed by atoms with E-state index in [0.717, 1.165) is 0 Å². The molecule has 20 heavy (non-hydrogen) atoms. The van der Waals surface area contributed by atoms with Crippen molar-refractivity contribution in [3.63, 3.8) is 0 Å². The van der Waals surface area contributed by atoms with Gasteiger partial charge in [-0.25, -0.2) is 9.53 Å². The number of nitrogens with zero attached hydrogens (tertiary/aromatic N) is 1. The van der Waals surface area contributed by atoms with Crippen LogP contribution < -0.4 is 9.47 Å². The molecule has 110 valence electrons. The molecule has 0 saturated carbocycles. The molecule has 0 heterocycles. The van der Waals surface area contributed by atoms with Crippen molar-refractivity contribution >= 4 is 12.2 Å². The average Bonchev–Trinajstić information content (AvgIpc) is 2.36. The summed E-state index contributed by atoms with van der Waals surface area (Å²) in [6.45, 7) is 5.20. The van der Waals surface area contributed by atoms with Gasteiger partial charge in [-0.15, -0.1) is 0 Å². The molecule has 0 atom stereocenters. The number of hydrogen-bond donors (Lipinski definition) is 1. The van der Waals surface area contributed by atoms with Crippen molar-refractivity contribution < 1.29 is 24.1 Å². The monoisotopic (exact) mass is 281 g/mol. The molecular formula is C14H19NO5. The summed E-state index contributed by atoms with van der Waals surface area (Å²) in [5, 5.41) is 21.3. The lowest BCUT2D eigenvalue weighted by molar-refractivity contribution is -0.530. The maximum absolute atomic E-state index is 12.0. The summed E-state index contributed by atoms with van der Waals surface area (Å²) in [6, 6.07) is 3.08. The van der Waals surface area contributed by atoms with Gasteiger partial charge in [0.25, 0.3) is 0 Å². The quantitative estimate of drug-likeness (QED) is 0.395. The summed E-state index contributed by atoms with van der Waals surface area (Å²) in [6.07, 6.45) is 1.24. The van der Waals surface area contributed by atoms with Gasteiger partial charge in [-0.3, -0.25) is 0 Å². The predicted molar refractivity (Wildman–Crippen MR) is 75.1 cm³/mol. The van der Waals surface area contributed by atoms with E-state index in [2.05, 4.69) is 0 Å². The Morgan fingerprint density at radius 3 is 2.30 bits per heavy atom. The lowest BCUT2D eigenvalue weighted by Crippen LogP contribution is -2.29. The van der Waals surface area contributed by atoms with Gasteiger partial charge in [-0.1, -0.05) is 0 Å². The first-order valence-corrected chi connectivity index (χ1v) is 6.02. The normalized spacial score (nSPS) is 12.2. The highest BCUT2D eigenvalue weighted by Crippen LogP contribution is 2.33. The van der Waals surface area contributed by atoms with E-state index in [0.29, 0.717) is 10.5 Å². The zero-order chi connectivity index (χ0) is 15.5. The van der Waals surface area contributed by atoms with Gasteiger partial charge in [0.1, 0.15) is 5.56 Å². The Morgan fingerprint density at radius 2 is 1.90 bits per heavy atom. The van der Waals surface area contributed by atoms with Crippen LogP contribution in [0.2, 0.25) is 0 Å². The van der Waals surface area contributed by atoms with Gasteiger partial charge in [0.15, 0.2) is 23.3 Å². The van der Waals surface area contributed by atoms with E-state index in [4.69, 9.17) is 9.47 Å². The van der Waals surface area contributed by atoms with Gasteiger partial charge in [-0.05, 0) is 12.1 Å². The molecule has 0 saturated heterocycles. The first-order chi connectivity index (χ1) is 9.22. The number of carbonyl (C=O) groups is 1. The molecule has 1 rings (SSSR count). The SMILES string of the molecule is COc1ccc(/C=[N+](\[O-])C(C)(C)C)c(C(=O)O)c1OC. The minimum Gasteiger partial charge on any atom is -0.623 e. The fourth-order valence-electron chi connectivity index (χ4n) is 1.59. The lowest BCUT2D eigenvalue weighted by Gasteiger charge is -2.19. The Labute approximate surface area is 117 Å². The van der Waals surface area contributed by atoms with Crippen molar-refractivity contribution in [2.24, 2.45) is 0 Å². The Morgan fingerprint density at radius 1 is 1.30 bits per heavy atom. The van der Waals surface area contributed by atoms with Gasteiger partial charge in [0, 0.05) is 20.8 Å². The summed E-state index contributed by atoms with van der Waals surface area (Å²) in [5.74, 6) is -0.791. The number of benzene rings is 1. The van der Waals surface area contributed by atoms with E-state index in [-0.39, 0.29) is 16.9 Å². The minimum absolute atomic E-state index is 0.0936. The second-order valence-electron chi connectivity index (χ2n) is 5.20. The molecule has 0 amide bonds. The molecule has 0 unspecified atom stereocenters. The molecule has 0 aromatic heterocycles. The Hall–Kier alpha value is -2.24. The summed E-state index contributed by atoms with van der Waals surface area (Å²) in [7, 11) is 2.77. The third-order valence-electron chi connectivity index (χ3n) is 2.71. The fraction of sp³-hybridized carbons (Fsp3) is 0.429. The van der Waals surface area contributed by atoms with Crippen LogP contribution in [0.3, 0.4) is 0 Å². The molecule has 0 aliphatic heterocycles. The van der Waals surface area contributed by atoms with E-state index in [1.54, 1.807) is 26.8 Å². The Bertz CT molecular complexity index is 543. The maximum Gasteiger partial charge on any atom is 0.340 e. The molecule has 0 radical (unpaired) electrons. The number of rotatable bonds is 4. The van der Waals surface area contributed by atoms with Crippen molar-refractivity contribution in [3.05, 3.63) is 28.5 Å². The predicted octanol–water partition coefficient (Wildman–Crippen LogP) is 2.13. The Kier molecular flexibility index (Phi) is 4.60. The van der Waals surface area contributed by atoms with Crippen molar-refractivity contribution in [3.8, 4) is 11.5 Å². The summed E-state index contributed by atoms with van der Waals surface area (Å²) < 4.78 is 10.9. The third kappa shape index (κ3) is 3.20. The van der Waals surface area contributed by atoms with Gasteiger partial charge < -0.3 is 19.8 Å². The maximum atomic E-state index is 12.0. The van der Waals surface area contributed by atoms with E-state index in [1.807, 2.05) is 0 Å². The van der Waals surface area contributed by atoms with E-state index in [9.17, 15) is 15.1 Å². The average molecular weight is 281 g/mol. The molecule has 0 aliphatic carbocycles. The van der Waals surface area contributed by atoms with E-state index >= 15 is 0 Å². The zero-order valence-electron chi connectivity index (χ0n) is 12.3. The molecule has 0 bridgehead atoms. The molecule has 0 aliphatic rings. The van der Waals surface area contributed by atoms with Crippen LogP contribution in [0.4, 0.5) is 0 Å². The van der Waals surface area contributed by atoms with Crippen molar-refractivity contribution in [1.82, 2.24) is 0 Å².